The molecule has 172 valence electrons. The molecule has 0 radical (unpaired) electrons. The van der Waals surface area contributed by atoms with Gasteiger partial charge in [-0.2, -0.15) is 15.1 Å². The molecule has 4 aromatic rings. The van der Waals surface area contributed by atoms with Crippen LogP contribution in [0.15, 0.2) is 42.7 Å². The average Bonchev–Trinajstić information content (AvgIpc) is 3.48. The number of rotatable bonds is 6. The van der Waals surface area contributed by atoms with Crippen LogP contribution < -0.4 is 16.4 Å². The summed E-state index contributed by atoms with van der Waals surface area (Å²) < 4.78 is 4.07. The maximum atomic E-state index is 6.41. The molecule has 5 rings (SSSR count). The lowest BCUT2D eigenvalue weighted by molar-refractivity contribution is 0.411. The van der Waals surface area contributed by atoms with E-state index in [1.165, 1.54) is 0 Å². The first-order valence-electron chi connectivity index (χ1n) is 11.6. The van der Waals surface area contributed by atoms with Gasteiger partial charge in [-0.25, -0.2) is 9.67 Å². The van der Waals surface area contributed by atoms with Crippen LogP contribution in [0.2, 0.25) is 0 Å². The van der Waals surface area contributed by atoms with Crippen molar-refractivity contribution in [2.75, 3.05) is 30.3 Å². The Morgan fingerprint density at radius 2 is 1.85 bits per heavy atom. The van der Waals surface area contributed by atoms with Crippen LogP contribution in [0.3, 0.4) is 0 Å². The lowest BCUT2D eigenvalue weighted by atomic mass is 9.97. The third kappa shape index (κ3) is 4.04. The van der Waals surface area contributed by atoms with Gasteiger partial charge in [0, 0.05) is 37.9 Å². The number of piperidine rings is 1. The van der Waals surface area contributed by atoms with Gasteiger partial charge in [-0.05, 0) is 56.8 Å². The van der Waals surface area contributed by atoms with Crippen LogP contribution in [0, 0.1) is 5.92 Å². The molecule has 1 aliphatic rings. The normalized spacial score (nSPS) is 15.1. The first-order valence-corrected chi connectivity index (χ1v) is 11.6. The number of fused-ring (bicyclic) bond motifs is 1. The van der Waals surface area contributed by atoms with Crippen molar-refractivity contribution in [3.63, 3.8) is 0 Å². The highest BCUT2D eigenvalue weighted by Gasteiger charge is 2.24. The van der Waals surface area contributed by atoms with Gasteiger partial charge in [0.15, 0.2) is 17.0 Å². The Bertz CT molecular complexity index is 1230. The highest BCUT2D eigenvalue weighted by Crippen LogP contribution is 2.29. The minimum Gasteiger partial charge on any atom is -0.382 e. The number of nitrogens with two attached hydrogens (primary N) is 2. The van der Waals surface area contributed by atoms with Gasteiger partial charge in [0.1, 0.15) is 5.82 Å². The summed E-state index contributed by atoms with van der Waals surface area (Å²) in [6.07, 6.45) is 6.48. The van der Waals surface area contributed by atoms with Gasteiger partial charge in [0.25, 0.3) is 0 Å². The zero-order chi connectivity index (χ0) is 22.9. The average molecular weight is 446 g/mol. The number of hydrogen-bond donors (Lipinski definition) is 2. The Hall–Kier alpha value is -3.46. The van der Waals surface area contributed by atoms with E-state index in [0.717, 1.165) is 55.2 Å². The minimum atomic E-state index is 0.173. The number of para-hydroxylation sites is 1. The number of aromatic nitrogens is 6. The molecule has 0 aliphatic carbocycles. The topological polar surface area (TPSA) is 117 Å². The molecule has 3 aromatic heterocycles. The summed E-state index contributed by atoms with van der Waals surface area (Å²) in [4.78, 5) is 16.7. The summed E-state index contributed by atoms with van der Waals surface area (Å²) in [5.74, 6) is 2.60. The number of imidazole rings is 1. The molecule has 33 heavy (non-hydrogen) atoms. The van der Waals surface area contributed by atoms with E-state index in [0.29, 0.717) is 29.6 Å². The second-order valence-corrected chi connectivity index (χ2v) is 9.00. The van der Waals surface area contributed by atoms with E-state index in [1.807, 2.05) is 29.1 Å². The van der Waals surface area contributed by atoms with E-state index in [2.05, 4.69) is 45.5 Å². The monoisotopic (exact) mass is 445 g/mol. The van der Waals surface area contributed by atoms with E-state index in [4.69, 9.17) is 21.4 Å². The zero-order valence-electron chi connectivity index (χ0n) is 19.2. The van der Waals surface area contributed by atoms with Gasteiger partial charge < -0.3 is 20.9 Å². The van der Waals surface area contributed by atoms with Crippen LogP contribution in [0.25, 0.3) is 16.9 Å². The van der Waals surface area contributed by atoms with Crippen molar-refractivity contribution in [1.29, 1.82) is 0 Å². The van der Waals surface area contributed by atoms with Crippen molar-refractivity contribution >= 4 is 22.9 Å². The Labute approximate surface area is 193 Å². The molecule has 1 aliphatic heterocycles. The summed E-state index contributed by atoms with van der Waals surface area (Å²) in [6, 6.07) is 10.4. The molecule has 1 aromatic carbocycles. The molecule has 0 bridgehead atoms. The van der Waals surface area contributed by atoms with Crippen LogP contribution in [-0.4, -0.2) is 48.9 Å². The number of nitrogen functional groups attached to an aromatic ring is 1. The maximum Gasteiger partial charge on any atom is 0.229 e. The van der Waals surface area contributed by atoms with Crippen LogP contribution >= 0.6 is 0 Å². The first kappa shape index (κ1) is 21.4. The molecule has 0 unspecified atom stereocenters. The largest absolute Gasteiger partial charge is 0.382 e. The van der Waals surface area contributed by atoms with Crippen LogP contribution in [0.1, 0.15) is 44.1 Å². The van der Waals surface area contributed by atoms with Gasteiger partial charge >= 0.3 is 0 Å². The maximum absolute atomic E-state index is 6.41. The smallest absolute Gasteiger partial charge is 0.229 e. The Balaban J connectivity index is 1.55. The van der Waals surface area contributed by atoms with Crippen LogP contribution in [0.5, 0.6) is 0 Å². The van der Waals surface area contributed by atoms with Crippen molar-refractivity contribution in [3.8, 4) is 5.69 Å². The van der Waals surface area contributed by atoms with Gasteiger partial charge in [-0.3, -0.25) is 0 Å². The fourth-order valence-electron chi connectivity index (χ4n) is 4.67. The van der Waals surface area contributed by atoms with E-state index in [1.54, 1.807) is 6.20 Å². The van der Waals surface area contributed by atoms with Crippen LogP contribution in [-0.2, 0) is 6.42 Å². The highest BCUT2D eigenvalue weighted by molar-refractivity contribution is 5.84. The van der Waals surface area contributed by atoms with Crippen molar-refractivity contribution in [1.82, 2.24) is 29.3 Å². The van der Waals surface area contributed by atoms with Crippen molar-refractivity contribution in [3.05, 3.63) is 54.1 Å². The summed E-state index contributed by atoms with van der Waals surface area (Å²) in [5, 5.41) is 4.41. The second kappa shape index (κ2) is 8.82. The molecule has 1 fully saturated rings. The number of nitrogens with zero attached hydrogens (tertiary/aromatic N) is 7. The SMILES string of the molecule is CC(C)n1c(Cc2ccccc2-n2cccn2)nc2c(N)nc(N3CCC(CN)CC3)nc21. The van der Waals surface area contributed by atoms with Crippen molar-refractivity contribution in [2.45, 2.75) is 39.2 Å². The van der Waals surface area contributed by atoms with E-state index < -0.39 is 0 Å². The van der Waals surface area contributed by atoms with Crippen LogP contribution in [0.4, 0.5) is 11.8 Å². The predicted octanol–water partition coefficient (Wildman–Crippen LogP) is 2.94. The summed E-state index contributed by atoms with van der Waals surface area (Å²) in [7, 11) is 0. The summed E-state index contributed by atoms with van der Waals surface area (Å²) >= 11 is 0. The first-order chi connectivity index (χ1) is 16.0. The quantitative estimate of drug-likeness (QED) is 0.469. The third-order valence-corrected chi connectivity index (χ3v) is 6.47. The lowest BCUT2D eigenvalue weighted by Gasteiger charge is -2.31. The van der Waals surface area contributed by atoms with E-state index in [9.17, 15) is 0 Å². The van der Waals surface area contributed by atoms with E-state index in [-0.39, 0.29) is 6.04 Å². The fourth-order valence-corrected chi connectivity index (χ4v) is 4.67. The van der Waals surface area contributed by atoms with E-state index >= 15 is 0 Å². The predicted molar refractivity (Wildman–Crippen MR) is 130 cm³/mol. The molecule has 4 N–H and O–H groups in total. The Morgan fingerprint density at radius 1 is 1.06 bits per heavy atom. The summed E-state index contributed by atoms with van der Waals surface area (Å²) in [5.41, 5.74) is 15.9. The molecule has 0 saturated carbocycles. The Kier molecular flexibility index (Phi) is 5.72. The number of hydrogen-bond acceptors (Lipinski definition) is 7. The van der Waals surface area contributed by atoms with Gasteiger partial charge in [0.2, 0.25) is 5.95 Å². The number of anilines is 2. The number of benzene rings is 1. The molecular weight excluding hydrogens is 414 g/mol. The van der Waals surface area contributed by atoms with Gasteiger partial charge in [-0.15, -0.1) is 0 Å². The molecule has 0 atom stereocenters. The highest BCUT2D eigenvalue weighted by atomic mass is 15.3. The van der Waals surface area contributed by atoms with Crippen molar-refractivity contribution in [2.24, 2.45) is 11.7 Å². The zero-order valence-corrected chi connectivity index (χ0v) is 19.2. The fraction of sp³-hybridized carbons (Fsp3) is 0.417. The summed E-state index contributed by atoms with van der Waals surface area (Å²) in [6.45, 7) is 6.82. The standard InChI is InChI=1S/C24H31N9/c1-16(2)33-20(14-18-6-3-4-7-19(18)32-11-5-10-27-32)28-21-22(26)29-24(30-23(21)33)31-12-8-17(15-25)9-13-31/h3-7,10-11,16-17H,8-9,12-15,25H2,1-2H3,(H2,26,29,30). The van der Waals surface area contributed by atoms with Crippen molar-refractivity contribution < 1.29 is 0 Å². The minimum absolute atomic E-state index is 0.173. The molecule has 9 nitrogen and oxygen atoms in total. The third-order valence-electron chi connectivity index (χ3n) is 6.47. The van der Waals surface area contributed by atoms with Gasteiger partial charge in [0.05, 0.1) is 5.69 Å². The molecule has 9 heteroatoms. The van der Waals surface area contributed by atoms with Gasteiger partial charge in [-0.1, -0.05) is 18.2 Å². The molecule has 0 spiro atoms. The second-order valence-electron chi connectivity index (χ2n) is 9.00. The molecular formula is C24H31N9. The molecule has 1 saturated heterocycles. The lowest BCUT2D eigenvalue weighted by Crippen LogP contribution is -2.37. The molecule has 0 amide bonds. The molecule has 4 heterocycles. The Morgan fingerprint density at radius 3 is 2.55 bits per heavy atom.